The number of aldehydes is 1. The minimum atomic E-state index is -0.622. The van der Waals surface area contributed by atoms with Crippen LogP contribution in [-0.4, -0.2) is 59.5 Å². The third-order valence-corrected chi connectivity index (χ3v) is 8.90. The number of amides is 2. The fourth-order valence-electron chi connectivity index (χ4n) is 5.59. The molecular formula is C35H29Cl2N5O7. The highest BCUT2D eigenvalue weighted by molar-refractivity contribution is 6.39. The van der Waals surface area contributed by atoms with Crippen molar-refractivity contribution in [1.82, 2.24) is 25.0 Å². The lowest BCUT2D eigenvalue weighted by Gasteiger charge is -2.15. The second-order valence-electron chi connectivity index (χ2n) is 11.1. The molecule has 1 aliphatic heterocycles. The van der Waals surface area contributed by atoms with Crippen LogP contribution in [0.4, 0.5) is 4.79 Å². The van der Waals surface area contributed by atoms with E-state index in [2.05, 4.69) is 20.6 Å². The zero-order chi connectivity index (χ0) is 34.7. The summed E-state index contributed by atoms with van der Waals surface area (Å²) in [6.07, 6.45) is 2.43. The molecule has 4 heterocycles. The third-order valence-electron chi connectivity index (χ3n) is 8.09. The van der Waals surface area contributed by atoms with E-state index in [4.69, 9.17) is 37.4 Å². The first-order valence-electron chi connectivity index (χ1n) is 15.1. The Morgan fingerprint density at radius 1 is 0.959 bits per heavy atom. The highest BCUT2D eigenvalue weighted by Gasteiger charge is 2.22. The Balaban J connectivity index is 1.26. The molecule has 1 atom stereocenters. The minimum Gasteiger partial charge on any atom is -0.481 e. The monoisotopic (exact) mass is 701 g/mol. The predicted molar refractivity (Wildman–Crippen MR) is 183 cm³/mol. The van der Waals surface area contributed by atoms with E-state index < -0.39 is 11.7 Å². The number of aromatic nitrogens is 3. The SMILES string of the molecule is COc1nc(-c2cccc(-c3cccc(-c4ccn5c(=O)c(C=O)c(OC)nc5c4)c3Cl)c2Cl)ccc1COC(=O)NCC1CCC(=O)N1. The van der Waals surface area contributed by atoms with Crippen molar-refractivity contribution in [2.24, 2.45) is 0 Å². The molecule has 14 heteroatoms. The van der Waals surface area contributed by atoms with Gasteiger partial charge in [0, 0.05) is 47.5 Å². The average Bonchev–Trinajstić information content (AvgIpc) is 3.54. The summed E-state index contributed by atoms with van der Waals surface area (Å²) in [6.45, 7) is 0.194. The number of fused-ring (bicyclic) bond motifs is 1. The molecule has 2 amide bonds. The van der Waals surface area contributed by atoms with Gasteiger partial charge < -0.3 is 24.8 Å². The van der Waals surface area contributed by atoms with Gasteiger partial charge in [0.1, 0.15) is 17.8 Å². The number of ether oxygens (including phenoxy) is 3. The number of hydrogen-bond acceptors (Lipinski definition) is 9. The molecule has 1 aliphatic rings. The van der Waals surface area contributed by atoms with Crippen LogP contribution in [0.5, 0.6) is 11.8 Å². The Kier molecular flexibility index (Phi) is 9.79. The summed E-state index contributed by atoms with van der Waals surface area (Å²) in [6, 6.07) is 17.8. The molecule has 1 fully saturated rings. The number of carbonyl (C=O) groups excluding carboxylic acids is 3. The topological polar surface area (TPSA) is 150 Å². The van der Waals surface area contributed by atoms with Crippen LogP contribution in [0.2, 0.25) is 10.0 Å². The van der Waals surface area contributed by atoms with Gasteiger partial charge in [0.15, 0.2) is 6.29 Å². The molecule has 2 aromatic carbocycles. The van der Waals surface area contributed by atoms with E-state index in [0.717, 1.165) is 0 Å². The molecule has 1 unspecified atom stereocenters. The van der Waals surface area contributed by atoms with Crippen molar-refractivity contribution in [3.05, 3.63) is 98.4 Å². The predicted octanol–water partition coefficient (Wildman–Crippen LogP) is 5.73. The van der Waals surface area contributed by atoms with Crippen LogP contribution < -0.4 is 25.7 Å². The molecule has 2 N–H and O–H groups in total. The molecule has 1 saturated heterocycles. The summed E-state index contributed by atoms with van der Waals surface area (Å²) >= 11 is 14.0. The molecular weight excluding hydrogens is 673 g/mol. The van der Waals surface area contributed by atoms with Gasteiger partial charge in [0.05, 0.1) is 35.5 Å². The molecule has 0 bridgehead atoms. The molecule has 0 aliphatic carbocycles. The van der Waals surface area contributed by atoms with Gasteiger partial charge >= 0.3 is 6.09 Å². The number of methoxy groups -OCH3 is 2. The number of halogens is 2. The average molecular weight is 703 g/mol. The maximum Gasteiger partial charge on any atom is 0.407 e. The van der Waals surface area contributed by atoms with E-state index in [1.165, 1.54) is 24.8 Å². The Bertz CT molecular complexity index is 2170. The van der Waals surface area contributed by atoms with Gasteiger partial charge in [0.25, 0.3) is 5.56 Å². The fraction of sp³-hybridized carbons (Fsp3) is 0.200. The summed E-state index contributed by atoms with van der Waals surface area (Å²) < 4.78 is 17.3. The van der Waals surface area contributed by atoms with Crippen LogP contribution in [0.3, 0.4) is 0 Å². The van der Waals surface area contributed by atoms with Crippen LogP contribution in [-0.2, 0) is 16.1 Å². The number of nitrogens with zero attached hydrogens (tertiary/aromatic N) is 3. The van der Waals surface area contributed by atoms with Gasteiger partial charge in [-0.1, -0.05) is 59.6 Å². The summed E-state index contributed by atoms with van der Waals surface area (Å²) in [7, 11) is 2.81. The largest absolute Gasteiger partial charge is 0.481 e. The number of carbonyl (C=O) groups is 3. The summed E-state index contributed by atoms with van der Waals surface area (Å²) in [4.78, 5) is 56.8. The zero-order valence-electron chi connectivity index (χ0n) is 26.3. The molecule has 49 heavy (non-hydrogen) atoms. The summed E-state index contributed by atoms with van der Waals surface area (Å²) in [5.41, 5.74) is 3.90. The van der Waals surface area contributed by atoms with Crippen LogP contribution in [0.25, 0.3) is 39.2 Å². The first-order valence-corrected chi connectivity index (χ1v) is 15.9. The highest BCUT2D eigenvalue weighted by atomic mass is 35.5. The zero-order valence-corrected chi connectivity index (χ0v) is 27.8. The maximum absolute atomic E-state index is 12.8. The van der Waals surface area contributed by atoms with Gasteiger partial charge in [-0.15, -0.1) is 0 Å². The molecule has 3 aromatic heterocycles. The Labute approximate surface area is 290 Å². The lowest BCUT2D eigenvalue weighted by Crippen LogP contribution is -2.38. The lowest BCUT2D eigenvalue weighted by molar-refractivity contribution is -0.119. The first kappa shape index (κ1) is 33.4. The quantitative estimate of drug-likeness (QED) is 0.174. The number of hydrogen-bond donors (Lipinski definition) is 2. The number of rotatable bonds is 10. The van der Waals surface area contributed by atoms with E-state index in [-0.39, 0.29) is 48.1 Å². The highest BCUT2D eigenvalue weighted by Crippen LogP contribution is 2.42. The standard InChI is InChI=1S/C35H29Cl2N5O7/c1-47-32-20(18-49-35(46)38-16-21-10-12-29(44)39-21)9-11-27(40-32)25-8-4-7-24(31(25)37)23-6-3-5-22(30(23)36)19-13-14-42-28(15-19)41-33(48-2)26(17-43)34(42)45/h3-9,11,13-15,17,21H,10,12,16,18H2,1-2H3,(H,38,46)(H,39,44). The van der Waals surface area contributed by atoms with Crippen molar-refractivity contribution in [2.75, 3.05) is 20.8 Å². The van der Waals surface area contributed by atoms with Gasteiger partial charge in [-0.2, -0.15) is 4.98 Å². The summed E-state index contributed by atoms with van der Waals surface area (Å²) in [5, 5.41) is 6.26. The Hall–Kier alpha value is -5.46. The molecule has 0 saturated carbocycles. The van der Waals surface area contributed by atoms with E-state index in [0.29, 0.717) is 68.2 Å². The van der Waals surface area contributed by atoms with Crippen LogP contribution in [0, 0.1) is 0 Å². The minimum absolute atomic E-state index is 0.0322. The second-order valence-corrected chi connectivity index (χ2v) is 11.8. The van der Waals surface area contributed by atoms with Crippen molar-refractivity contribution >= 4 is 47.1 Å². The molecule has 6 rings (SSSR count). The first-order chi connectivity index (χ1) is 23.7. The van der Waals surface area contributed by atoms with E-state index in [9.17, 15) is 19.2 Å². The van der Waals surface area contributed by atoms with Crippen LogP contribution in [0.15, 0.2) is 71.7 Å². The third kappa shape index (κ3) is 6.78. The molecule has 5 aromatic rings. The molecule has 250 valence electrons. The van der Waals surface area contributed by atoms with Crippen molar-refractivity contribution in [2.45, 2.75) is 25.5 Å². The Morgan fingerprint density at radius 3 is 2.33 bits per heavy atom. The fourth-order valence-corrected chi connectivity index (χ4v) is 6.25. The summed E-state index contributed by atoms with van der Waals surface area (Å²) in [5.74, 6) is 0.162. The second kappa shape index (κ2) is 14.3. The van der Waals surface area contributed by atoms with E-state index >= 15 is 0 Å². The smallest absolute Gasteiger partial charge is 0.407 e. The van der Waals surface area contributed by atoms with Crippen molar-refractivity contribution in [3.63, 3.8) is 0 Å². The van der Waals surface area contributed by atoms with Crippen LogP contribution >= 0.6 is 23.2 Å². The van der Waals surface area contributed by atoms with Gasteiger partial charge in [-0.3, -0.25) is 18.8 Å². The molecule has 12 nitrogen and oxygen atoms in total. The van der Waals surface area contributed by atoms with Crippen molar-refractivity contribution < 1.29 is 28.6 Å². The van der Waals surface area contributed by atoms with Gasteiger partial charge in [0.2, 0.25) is 17.7 Å². The lowest BCUT2D eigenvalue weighted by atomic mass is 9.97. The normalized spacial score (nSPS) is 14.0. The van der Waals surface area contributed by atoms with Gasteiger partial charge in [-0.25, -0.2) is 9.78 Å². The number of nitrogens with one attached hydrogen (secondary N) is 2. The number of pyridine rings is 2. The van der Waals surface area contributed by atoms with E-state index in [1.807, 2.05) is 36.4 Å². The number of alkyl carbamates (subject to hydrolysis) is 1. The van der Waals surface area contributed by atoms with Crippen LogP contribution in [0.1, 0.15) is 28.8 Å². The Morgan fingerprint density at radius 2 is 1.65 bits per heavy atom. The molecule has 0 spiro atoms. The van der Waals surface area contributed by atoms with Crippen molar-refractivity contribution in [3.8, 4) is 45.3 Å². The van der Waals surface area contributed by atoms with E-state index in [1.54, 1.807) is 24.3 Å². The molecule has 0 radical (unpaired) electrons. The maximum atomic E-state index is 12.8. The van der Waals surface area contributed by atoms with Gasteiger partial charge in [-0.05, 0) is 36.2 Å². The van der Waals surface area contributed by atoms with Crippen molar-refractivity contribution in [1.29, 1.82) is 0 Å². The number of benzene rings is 2.